The van der Waals surface area contributed by atoms with E-state index in [1.54, 1.807) is 25.1 Å². The molecule has 3 N–H and O–H groups in total. The van der Waals surface area contributed by atoms with Crippen LogP contribution < -0.4 is 10.1 Å². The largest absolute Gasteiger partial charge is 0.478 e. The number of benzene rings is 2. The van der Waals surface area contributed by atoms with Crippen LogP contribution in [0.25, 0.3) is 11.1 Å². The third-order valence-electron chi connectivity index (χ3n) is 4.25. The number of nitrogens with zero attached hydrogens (tertiary/aromatic N) is 1. The summed E-state index contributed by atoms with van der Waals surface area (Å²) in [6.45, 7) is -1.41. The third-order valence-corrected chi connectivity index (χ3v) is 4.25. The van der Waals surface area contributed by atoms with Gasteiger partial charge in [0.25, 0.3) is 0 Å². The van der Waals surface area contributed by atoms with Crippen LogP contribution in [0, 0.1) is 6.92 Å². The highest BCUT2D eigenvalue weighted by Crippen LogP contribution is 2.33. The number of carboxylic acids is 2. The van der Waals surface area contributed by atoms with Crippen molar-refractivity contribution in [3.8, 4) is 16.9 Å². The van der Waals surface area contributed by atoms with E-state index in [4.69, 9.17) is 0 Å². The van der Waals surface area contributed by atoms with E-state index in [-0.39, 0.29) is 28.3 Å². The van der Waals surface area contributed by atoms with E-state index < -0.39 is 18.6 Å². The summed E-state index contributed by atoms with van der Waals surface area (Å²) in [5.41, 5.74) is 1.11. The molecule has 0 amide bonds. The fourth-order valence-corrected chi connectivity index (χ4v) is 2.95. The van der Waals surface area contributed by atoms with Crippen LogP contribution in [0.3, 0.4) is 0 Å². The molecule has 2 aromatic carbocycles. The molecule has 0 saturated carbocycles. The second kappa shape index (κ2) is 8.56. The van der Waals surface area contributed by atoms with E-state index in [9.17, 15) is 28.6 Å². The van der Waals surface area contributed by atoms with Crippen LogP contribution in [0.1, 0.15) is 26.3 Å². The Morgan fingerprint density at radius 1 is 1.00 bits per heavy atom. The zero-order valence-electron chi connectivity index (χ0n) is 15.6. The number of hydrogen-bond donors (Lipinski definition) is 3. The lowest BCUT2D eigenvalue weighted by molar-refractivity contribution is -0.0498. The minimum Gasteiger partial charge on any atom is -0.478 e. The molecule has 0 spiro atoms. The Hall–Kier alpha value is -4.01. The van der Waals surface area contributed by atoms with Crippen LogP contribution >= 0.6 is 0 Å². The number of halogens is 2. The minimum atomic E-state index is -2.97. The molecule has 1 heterocycles. The minimum absolute atomic E-state index is 0.0552. The van der Waals surface area contributed by atoms with E-state index in [1.807, 2.05) is 0 Å². The maximum atomic E-state index is 12.5. The Bertz CT molecular complexity index is 1120. The fourth-order valence-electron chi connectivity index (χ4n) is 2.95. The molecule has 0 aliphatic heterocycles. The number of carbonyl (C=O) groups is 2. The second-order valence-corrected chi connectivity index (χ2v) is 6.25. The lowest BCUT2D eigenvalue weighted by Gasteiger charge is -2.15. The van der Waals surface area contributed by atoms with Gasteiger partial charge >= 0.3 is 18.6 Å². The van der Waals surface area contributed by atoms with Gasteiger partial charge in [-0.3, -0.25) is 0 Å². The van der Waals surface area contributed by atoms with E-state index in [1.165, 1.54) is 30.5 Å². The predicted molar refractivity (Wildman–Crippen MR) is 105 cm³/mol. The van der Waals surface area contributed by atoms with Gasteiger partial charge in [-0.1, -0.05) is 6.07 Å². The molecule has 7 nitrogen and oxygen atoms in total. The number of anilines is 2. The SMILES string of the molecule is Cc1cc(-c2cccnc2Nc2cccc(OC(F)F)c2)c(C(=O)O)cc1C(=O)O. The molecule has 0 bridgehead atoms. The normalized spacial score (nSPS) is 10.7. The number of pyridine rings is 1. The summed E-state index contributed by atoms with van der Waals surface area (Å²) in [5.74, 6) is -2.33. The highest BCUT2D eigenvalue weighted by Gasteiger charge is 2.20. The van der Waals surface area contributed by atoms with E-state index >= 15 is 0 Å². The van der Waals surface area contributed by atoms with Crippen LogP contribution in [0.2, 0.25) is 0 Å². The second-order valence-electron chi connectivity index (χ2n) is 6.25. The number of aromatic nitrogens is 1. The van der Waals surface area contributed by atoms with Crippen molar-refractivity contribution in [3.63, 3.8) is 0 Å². The molecule has 30 heavy (non-hydrogen) atoms. The Labute approximate surface area is 169 Å². The molecule has 0 atom stereocenters. The predicted octanol–water partition coefficient (Wildman–Crippen LogP) is 4.80. The van der Waals surface area contributed by atoms with Gasteiger partial charge in [-0.05, 0) is 48.9 Å². The van der Waals surface area contributed by atoms with Crippen molar-refractivity contribution in [2.75, 3.05) is 5.32 Å². The van der Waals surface area contributed by atoms with E-state index in [0.717, 1.165) is 6.07 Å². The Kier molecular flexibility index (Phi) is 5.91. The average Bonchev–Trinajstić information content (AvgIpc) is 2.67. The zero-order chi connectivity index (χ0) is 21.8. The maximum Gasteiger partial charge on any atom is 0.387 e. The Morgan fingerprint density at radius 2 is 1.73 bits per heavy atom. The lowest BCUT2D eigenvalue weighted by Crippen LogP contribution is -2.08. The fraction of sp³-hybridized carbons (Fsp3) is 0.0952. The molecule has 154 valence electrons. The Balaban J connectivity index is 2.07. The van der Waals surface area contributed by atoms with Gasteiger partial charge in [-0.25, -0.2) is 14.6 Å². The molecule has 0 fully saturated rings. The topological polar surface area (TPSA) is 109 Å². The summed E-state index contributed by atoms with van der Waals surface area (Å²) < 4.78 is 29.3. The number of ether oxygens (including phenoxy) is 1. The number of hydrogen-bond acceptors (Lipinski definition) is 5. The molecule has 0 saturated heterocycles. The van der Waals surface area contributed by atoms with Crippen LogP contribution in [0.15, 0.2) is 54.7 Å². The monoisotopic (exact) mass is 414 g/mol. The van der Waals surface area contributed by atoms with Crippen molar-refractivity contribution in [2.45, 2.75) is 13.5 Å². The van der Waals surface area contributed by atoms with Crippen molar-refractivity contribution in [1.82, 2.24) is 4.98 Å². The van der Waals surface area contributed by atoms with Crippen LogP contribution in [0.5, 0.6) is 5.75 Å². The first-order chi connectivity index (χ1) is 14.3. The number of nitrogens with one attached hydrogen (secondary N) is 1. The van der Waals surface area contributed by atoms with Crippen LogP contribution in [-0.4, -0.2) is 33.7 Å². The molecule has 1 aromatic heterocycles. The summed E-state index contributed by atoms with van der Waals surface area (Å²) in [7, 11) is 0. The molecule has 0 unspecified atom stereocenters. The molecule has 0 aliphatic carbocycles. The summed E-state index contributed by atoms with van der Waals surface area (Å²) in [6, 6.07) is 11.6. The number of carboxylic acid groups (broad SMARTS) is 2. The van der Waals surface area contributed by atoms with E-state index in [0.29, 0.717) is 16.8 Å². The van der Waals surface area contributed by atoms with Gasteiger partial charge in [0.2, 0.25) is 0 Å². The Morgan fingerprint density at radius 3 is 2.40 bits per heavy atom. The molecule has 3 rings (SSSR count). The summed E-state index contributed by atoms with van der Waals surface area (Å²) in [6.07, 6.45) is 1.48. The number of aromatic carboxylic acids is 2. The molecule has 0 aliphatic rings. The van der Waals surface area contributed by atoms with Crippen LogP contribution in [0.4, 0.5) is 20.3 Å². The van der Waals surface area contributed by atoms with Crippen molar-refractivity contribution >= 4 is 23.4 Å². The first kappa shape index (κ1) is 20.7. The van der Waals surface area contributed by atoms with Crippen molar-refractivity contribution in [1.29, 1.82) is 0 Å². The number of alkyl halides is 2. The molecule has 0 radical (unpaired) electrons. The maximum absolute atomic E-state index is 12.5. The van der Waals surface area contributed by atoms with Gasteiger partial charge in [0.05, 0.1) is 11.1 Å². The van der Waals surface area contributed by atoms with Gasteiger partial charge in [0, 0.05) is 29.1 Å². The smallest absolute Gasteiger partial charge is 0.387 e. The van der Waals surface area contributed by atoms with Gasteiger partial charge in [-0.15, -0.1) is 0 Å². The van der Waals surface area contributed by atoms with Crippen molar-refractivity contribution in [2.24, 2.45) is 0 Å². The standard InChI is InChI=1S/C21H16F2N2O5/c1-11-8-16(17(20(28)29)10-15(11)19(26)27)14-6-3-7-24-18(14)25-12-4-2-5-13(9-12)30-21(22)23/h2-10,21H,1H3,(H,24,25)(H,26,27)(H,28,29). The number of rotatable bonds is 7. The van der Waals surface area contributed by atoms with Gasteiger partial charge in [0.15, 0.2) is 0 Å². The van der Waals surface area contributed by atoms with Gasteiger partial charge in [0.1, 0.15) is 11.6 Å². The van der Waals surface area contributed by atoms with E-state index in [2.05, 4.69) is 15.0 Å². The van der Waals surface area contributed by atoms with Gasteiger partial charge in [-0.2, -0.15) is 8.78 Å². The molecular formula is C21H16F2N2O5. The molecular weight excluding hydrogens is 398 g/mol. The average molecular weight is 414 g/mol. The zero-order valence-corrected chi connectivity index (χ0v) is 15.6. The van der Waals surface area contributed by atoms with Crippen molar-refractivity contribution in [3.05, 3.63) is 71.4 Å². The lowest BCUT2D eigenvalue weighted by atomic mass is 9.94. The highest BCUT2D eigenvalue weighted by atomic mass is 19.3. The van der Waals surface area contributed by atoms with Crippen molar-refractivity contribution < 1.29 is 33.3 Å². The first-order valence-corrected chi connectivity index (χ1v) is 8.64. The first-order valence-electron chi connectivity index (χ1n) is 8.64. The summed E-state index contributed by atoms with van der Waals surface area (Å²) in [5, 5.41) is 21.9. The van der Waals surface area contributed by atoms with Crippen LogP contribution in [-0.2, 0) is 0 Å². The number of aryl methyl sites for hydroxylation is 1. The highest BCUT2D eigenvalue weighted by molar-refractivity contribution is 6.02. The quantitative estimate of drug-likeness (QED) is 0.510. The molecule has 9 heteroatoms. The summed E-state index contributed by atoms with van der Waals surface area (Å²) >= 11 is 0. The van der Waals surface area contributed by atoms with Gasteiger partial charge < -0.3 is 20.3 Å². The molecule has 3 aromatic rings. The third kappa shape index (κ3) is 4.52. The summed E-state index contributed by atoms with van der Waals surface area (Å²) in [4.78, 5) is 27.4.